The molecular weight excluding hydrogens is 314 g/mol. The number of benzene rings is 1. The summed E-state index contributed by atoms with van der Waals surface area (Å²) in [6.07, 6.45) is 5.23. The van der Waals surface area contributed by atoms with Gasteiger partial charge in [0.2, 0.25) is 0 Å². The van der Waals surface area contributed by atoms with E-state index in [-0.39, 0.29) is 11.6 Å². The van der Waals surface area contributed by atoms with Crippen molar-refractivity contribution >= 4 is 28.2 Å². The van der Waals surface area contributed by atoms with E-state index < -0.39 is 0 Å². The van der Waals surface area contributed by atoms with Gasteiger partial charge in [-0.2, -0.15) is 0 Å². The number of anilines is 1. The van der Waals surface area contributed by atoms with Crippen molar-refractivity contribution in [2.45, 2.75) is 13.8 Å². The average molecular weight is 333 g/mol. The second-order valence-electron chi connectivity index (χ2n) is 5.70. The van der Waals surface area contributed by atoms with Crippen molar-refractivity contribution in [3.8, 4) is 0 Å². The zero-order valence-electron chi connectivity index (χ0n) is 14.1. The minimum absolute atomic E-state index is 0.188. The highest BCUT2D eigenvalue weighted by Crippen LogP contribution is 2.19. The highest BCUT2D eigenvalue weighted by Gasteiger charge is 2.13. The number of carbonyl (C=O) groups is 1. The Hall–Kier alpha value is -3.41. The molecule has 0 fully saturated rings. The first-order valence-corrected chi connectivity index (χ1v) is 7.85. The number of aromatic nitrogens is 2. The van der Waals surface area contributed by atoms with Crippen LogP contribution in [0.2, 0.25) is 0 Å². The molecule has 0 saturated carbocycles. The molecule has 4 N–H and O–H groups in total. The van der Waals surface area contributed by atoms with Crippen molar-refractivity contribution in [2.24, 2.45) is 10.7 Å². The lowest BCUT2D eigenvalue weighted by Crippen LogP contribution is -2.18. The van der Waals surface area contributed by atoms with Crippen LogP contribution in [0.3, 0.4) is 0 Å². The van der Waals surface area contributed by atoms with Crippen molar-refractivity contribution in [1.29, 1.82) is 0 Å². The monoisotopic (exact) mass is 333 g/mol. The van der Waals surface area contributed by atoms with E-state index >= 15 is 0 Å². The number of carbonyl (C=O) groups excluding carboxylic acids is 1. The molecule has 0 saturated heterocycles. The molecule has 0 aliphatic heterocycles. The van der Waals surface area contributed by atoms with Crippen LogP contribution in [-0.2, 0) is 4.79 Å². The van der Waals surface area contributed by atoms with Gasteiger partial charge in [-0.3, -0.25) is 9.78 Å². The van der Waals surface area contributed by atoms with Crippen molar-refractivity contribution < 1.29 is 4.79 Å². The van der Waals surface area contributed by atoms with Crippen LogP contribution in [0.15, 0.2) is 71.4 Å². The summed E-state index contributed by atoms with van der Waals surface area (Å²) < 4.78 is 0. The minimum atomic E-state index is -0.353. The number of nitrogens with one attached hydrogen (secondary N) is 2. The Morgan fingerprint density at radius 2 is 2.08 bits per heavy atom. The fourth-order valence-electron chi connectivity index (χ4n) is 2.44. The zero-order chi connectivity index (χ0) is 17.8. The Labute approximate surface area is 145 Å². The molecule has 0 unspecified atom stereocenters. The topological polar surface area (TPSA) is 96.2 Å². The van der Waals surface area contributed by atoms with Crippen molar-refractivity contribution in [3.05, 3.63) is 71.9 Å². The molecule has 0 atom stereocenters. The number of hydrogen-bond acceptors (Lipinski definition) is 4. The number of allylic oxidation sites excluding steroid dienone is 1. The third kappa shape index (κ3) is 3.74. The highest BCUT2D eigenvalue weighted by atomic mass is 16.2. The lowest BCUT2D eigenvalue weighted by atomic mass is 10.2. The number of hydrogen-bond donors (Lipinski definition) is 3. The van der Waals surface area contributed by atoms with Gasteiger partial charge in [0.1, 0.15) is 5.70 Å². The molecule has 0 spiro atoms. The first kappa shape index (κ1) is 16.4. The molecule has 0 aliphatic rings. The molecule has 25 heavy (non-hydrogen) atoms. The van der Waals surface area contributed by atoms with E-state index in [2.05, 4.69) is 20.3 Å². The first-order chi connectivity index (χ1) is 12.0. The number of nitrogens with zero attached hydrogens (tertiary/aromatic N) is 2. The van der Waals surface area contributed by atoms with Crippen LogP contribution < -0.4 is 11.1 Å². The van der Waals surface area contributed by atoms with Crippen LogP contribution in [0.5, 0.6) is 0 Å². The van der Waals surface area contributed by atoms with E-state index in [1.165, 1.54) is 0 Å². The van der Waals surface area contributed by atoms with Crippen LogP contribution in [0, 0.1) is 0 Å². The molecule has 3 aromatic rings. The molecular formula is C19H19N5O. The zero-order valence-corrected chi connectivity index (χ0v) is 14.1. The SMILES string of the molecule is C/C(=N\C(C(=O)Nc1ccc2cc[nH]c2c1)=C(/C)N)c1cccnc1. The summed E-state index contributed by atoms with van der Waals surface area (Å²) in [4.78, 5) is 24.2. The Balaban J connectivity index is 1.85. The Morgan fingerprint density at radius 1 is 1.24 bits per heavy atom. The quantitative estimate of drug-likeness (QED) is 0.505. The van der Waals surface area contributed by atoms with Gasteiger partial charge in [-0.25, -0.2) is 4.99 Å². The molecule has 1 aromatic carbocycles. The number of rotatable bonds is 4. The molecule has 126 valence electrons. The number of aromatic amines is 1. The van der Waals surface area contributed by atoms with Gasteiger partial charge in [-0.15, -0.1) is 0 Å². The minimum Gasteiger partial charge on any atom is -0.400 e. The van der Waals surface area contributed by atoms with Crippen LogP contribution in [0.4, 0.5) is 5.69 Å². The molecule has 6 nitrogen and oxygen atoms in total. The van der Waals surface area contributed by atoms with Crippen LogP contribution >= 0.6 is 0 Å². The Morgan fingerprint density at radius 3 is 2.80 bits per heavy atom. The maximum Gasteiger partial charge on any atom is 0.276 e. The van der Waals surface area contributed by atoms with E-state index in [0.29, 0.717) is 17.1 Å². The van der Waals surface area contributed by atoms with Gasteiger partial charge in [-0.1, -0.05) is 12.1 Å². The van der Waals surface area contributed by atoms with E-state index in [4.69, 9.17) is 5.73 Å². The lowest BCUT2D eigenvalue weighted by Gasteiger charge is -2.09. The first-order valence-electron chi connectivity index (χ1n) is 7.85. The highest BCUT2D eigenvalue weighted by molar-refractivity contribution is 6.08. The van der Waals surface area contributed by atoms with Crippen LogP contribution in [0.25, 0.3) is 10.9 Å². The Kier molecular flexibility index (Phi) is 4.61. The van der Waals surface area contributed by atoms with Gasteiger partial charge in [0.05, 0.1) is 0 Å². The van der Waals surface area contributed by atoms with Gasteiger partial charge in [0.15, 0.2) is 0 Å². The normalized spacial score (nSPS) is 12.8. The maximum absolute atomic E-state index is 12.6. The smallest absolute Gasteiger partial charge is 0.276 e. The van der Waals surface area contributed by atoms with Gasteiger partial charge < -0.3 is 16.0 Å². The standard InChI is InChI=1S/C19H19N5O/c1-12(20)18(23-13(2)15-4-3-8-21-11-15)19(25)24-16-6-5-14-7-9-22-17(14)10-16/h3-11,22H,20H2,1-2H3,(H,24,25)/b18-12+,23-13+. The van der Waals surface area contributed by atoms with Crippen molar-refractivity contribution in [2.75, 3.05) is 5.32 Å². The number of pyridine rings is 1. The fraction of sp³-hybridized carbons (Fsp3) is 0.105. The van der Waals surface area contributed by atoms with Gasteiger partial charge in [0.25, 0.3) is 5.91 Å². The molecule has 0 aliphatic carbocycles. The van der Waals surface area contributed by atoms with Gasteiger partial charge in [0, 0.05) is 46.8 Å². The van der Waals surface area contributed by atoms with Crippen molar-refractivity contribution in [1.82, 2.24) is 9.97 Å². The molecule has 2 heterocycles. The predicted octanol–water partition coefficient (Wildman–Crippen LogP) is 3.20. The van der Waals surface area contributed by atoms with Crippen LogP contribution in [-0.4, -0.2) is 21.6 Å². The van der Waals surface area contributed by atoms with Gasteiger partial charge in [-0.05, 0) is 43.5 Å². The van der Waals surface area contributed by atoms with Gasteiger partial charge >= 0.3 is 0 Å². The number of aliphatic imine (C=N–C) groups is 1. The van der Waals surface area contributed by atoms with Crippen LogP contribution in [0.1, 0.15) is 19.4 Å². The van der Waals surface area contributed by atoms with E-state index in [1.54, 1.807) is 19.3 Å². The third-order valence-electron chi connectivity index (χ3n) is 3.76. The number of fused-ring (bicyclic) bond motifs is 1. The Bertz CT molecular complexity index is 966. The maximum atomic E-state index is 12.6. The number of amides is 1. The molecule has 6 heteroatoms. The number of H-pyrrole nitrogens is 1. The summed E-state index contributed by atoms with van der Waals surface area (Å²) in [6.45, 7) is 3.47. The number of nitrogens with two attached hydrogens (primary N) is 1. The van der Waals surface area contributed by atoms with Crippen molar-refractivity contribution in [3.63, 3.8) is 0 Å². The molecule has 0 radical (unpaired) electrons. The summed E-state index contributed by atoms with van der Waals surface area (Å²) >= 11 is 0. The summed E-state index contributed by atoms with van der Waals surface area (Å²) in [5.74, 6) is -0.353. The molecule has 2 aromatic heterocycles. The summed E-state index contributed by atoms with van der Waals surface area (Å²) in [6, 6.07) is 11.3. The second-order valence-corrected chi connectivity index (χ2v) is 5.70. The summed E-state index contributed by atoms with van der Waals surface area (Å²) in [7, 11) is 0. The van der Waals surface area contributed by atoms with E-state index in [9.17, 15) is 4.79 Å². The molecule has 3 rings (SSSR count). The second kappa shape index (κ2) is 7.00. The predicted molar refractivity (Wildman–Crippen MR) is 100 cm³/mol. The third-order valence-corrected chi connectivity index (χ3v) is 3.76. The van der Waals surface area contributed by atoms with E-state index in [1.807, 2.05) is 49.5 Å². The molecule has 0 bridgehead atoms. The summed E-state index contributed by atoms with van der Waals surface area (Å²) in [5, 5.41) is 3.92. The van der Waals surface area contributed by atoms with E-state index in [0.717, 1.165) is 16.5 Å². The average Bonchev–Trinajstić information content (AvgIpc) is 3.07. The largest absolute Gasteiger partial charge is 0.400 e. The summed E-state index contributed by atoms with van der Waals surface area (Å²) in [5.41, 5.74) is 9.54. The lowest BCUT2D eigenvalue weighted by molar-refractivity contribution is -0.112. The fourth-order valence-corrected chi connectivity index (χ4v) is 2.44. The molecule has 1 amide bonds.